The molecule has 7 nitrogen and oxygen atoms in total. The van der Waals surface area contributed by atoms with Gasteiger partial charge < -0.3 is 15.2 Å². The second kappa shape index (κ2) is 8.32. The molecular formula is C15H24IN7. The maximum atomic E-state index is 4.68. The molecule has 2 N–H and O–H groups in total. The molecule has 0 unspecified atom stereocenters. The first-order chi connectivity index (χ1) is 10.8. The number of imidazole rings is 1. The van der Waals surface area contributed by atoms with Gasteiger partial charge in [-0.25, -0.2) is 4.98 Å². The first kappa shape index (κ1) is 17.8. The average Bonchev–Trinajstić information content (AvgIpc) is 3.13. The van der Waals surface area contributed by atoms with Crippen molar-refractivity contribution in [3.8, 4) is 0 Å². The van der Waals surface area contributed by atoms with Crippen LogP contribution in [0.2, 0.25) is 0 Å². The third-order valence-electron chi connectivity index (χ3n) is 3.98. The van der Waals surface area contributed by atoms with Crippen molar-refractivity contribution in [2.24, 2.45) is 12.0 Å². The second-order valence-electron chi connectivity index (χ2n) is 5.52. The zero-order valence-corrected chi connectivity index (χ0v) is 15.9. The molecule has 2 aromatic rings. The van der Waals surface area contributed by atoms with Crippen molar-refractivity contribution in [1.29, 1.82) is 0 Å². The number of aryl methyl sites for hydroxylation is 3. The molecule has 2 aromatic heterocycles. The van der Waals surface area contributed by atoms with Gasteiger partial charge in [0.05, 0.1) is 24.5 Å². The maximum absolute atomic E-state index is 4.68. The van der Waals surface area contributed by atoms with Crippen molar-refractivity contribution in [1.82, 2.24) is 30.0 Å². The Balaban J connectivity index is 0.00000192. The Morgan fingerprint density at radius 1 is 1.30 bits per heavy atom. The van der Waals surface area contributed by atoms with Crippen molar-refractivity contribution >= 4 is 29.9 Å². The monoisotopic (exact) mass is 429 g/mol. The Morgan fingerprint density at radius 3 is 2.83 bits per heavy atom. The van der Waals surface area contributed by atoms with Gasteiger partial charge in [-0.3, -0.25) is 9.67 Å². The van der Waals surface area contributed by atoms with Gasteiger partial charge in [0.1, 0.15) is 5.82 Å². The van der Waals surface area contributed by atoms with Crippen molar-refractivity contribution < 1.29 is 0 Å². The number of fused-ring (bicyclic) bond motifs is 1. The number of nitrogens with one attached hydrogen (secondary N) is 2. The minimum Gasteiger partial charge on any atom is -0.351 e. The summed E-state index contributed by atoms with van der Waals surface area (Å²) < 4.78 is 4.12. The molecule has 126 valence electrons. The average molecular weight is 429 g/mol. The lowest BCUT2D eigenvalue weighted by Crippen LogP contribution is -2.36. The molecule has 1 aliphatic heterocycles. The largest absolute Gasteiger partial charge is 0.351 e. The van der Waals surface area contributed by atoms with Crippen LogP contribution in [0.1, 0.15) is 30.1 Å². The molecule has 3 heterocycles. The summed E-state index contributed by atoms with van der Waals surface area (Å²) in [5.74, 6) is 1.98. The van der Waals surface area contributed by atoms with Crippen LogP contribution in [0.25, 0.3) is 0 Å². The van der Waals surface area contributed by atoms with E-state index >= 15 is 0 Å². The van der Waals surface area contributed by atoms with Crippen molar-refractivity contribution in [3.05, 3.63) is 35.7 Å². The Morgan fingerprint density at radius 2 is 2.13 bits per heavy atom. The standard InChI is InChI=1S/C15H23N7.HI/c1-16-15(18-10-13-6-7-19-21(13)2)17-9-12-11-22-8-4-3-5-14(22)20-12;/h6-7,11H,3-5,8-10H2,1-2H3,(H2,16,17,18);1H. The Hall–Kier alpha value is -1.58. The Labute approximate surface area is 153 Å². The van der Waals surface area contributed by atoms with Crippen LogP contribution in [-0.2, 0) is 33.1 Å². The maximum Gasteiger partial charge on any atom is 0.191 e. The third-order valence-corrected chi connectivity index (χ3v) is 3.98. The summed E-state index contributed by atoms with van der Waals surface area (Å²) in [6.45, 7) is 2.47. The predicted octanol–water partition coefficient (Wildman–Crippen LogP) is 1.44. The van der Waals surface area contributed by atoms with Crippen LogP contribution in [-0.4, -0.2) is 32.3 Å². The minimum absolute atomic E-state index is 0. The molecule has 8 heteroatoms. The van der Waals surface area contributed by atoms with Gasteiger partial charge >= 0.3 is 0 Å². The van der Waals surface area contributed by atoms with Crippen molar-refractivity contribution in [2.45, 2.75) is 38.9 Å². The van der Waals surface area contributed by atoms with Gasteiger partial charge in [-0.1, -0.05) is 0 Å². The summed E-state index contributed by atoms with van der Waals surface area (Å²) in [7, 11) is 3.71. The summed E-state index contributed by atoms with van der Waals surface area (Å²) in [6, 6.07) is 1.99. The fourth-order valence-electron chi connectivity index (χ4n) is 2.70. The quantitative estimate of drug-likeness (QED) is 0.439. The van der Waals surface area contributed by atoms with Crippen LogP contribution in [0, 0.1) is 0 Å². The highest BCUT2D eigenvalue weighted by atomic mass is 127. The van der Waals surface area contributed by atoms with E-state index in [0.717, 1.165) is 30.3 Å². The molecule has 0 aliphatic carbocycles. The molecule has 0 atom stereocenters. The molecule has 1 aliphatic rings. The number of rotatable bonds is 4. The molecule has 0 fully saturated rings. The van der Waals surface area contributed by atoms with Crippen LogP contribution in [0.15, 0.2) is 23.5 Å². The van der Waals surface area contributed by atoms with E-state index in [2.05, 4.69) is 36.5 Å². The van der Waals surface area contributed by atoms with Crippen molar-refractivity contribution in [3.63, 3.8) is 0 Å². The number of halogens is 1. The van der Waals surface area contributed by atoms with Crippen LogP contribution < -0.4 is 10.6 Å². The van der Waals surface area contributed by atoms with Gasteiger partial charge in [0.25, 0.3) is 0 Å². The lowest BCUT2D eigenvalue weighted by atomic mass is 10.2. The number of aromatic nitrogens is 4. The second-order valence-corrected chi connectivity index (χ2v) is 5.52. The van der Waals surface area contributed by atoms with E-state index in [1.807, 2.05) is 17.8 Å². The van der Waals surface area contributed by atoms with Crippen LogP contribution in [0.3, 0.4) is 0 Å². The summed E-state index contributed by atoms with van der Waals surface area (Å²) in [4.78, 5) is 8.93. The zero-order chi connectivity index (χ0) is 15.4. The molecule has 0 aromatic carbocycles. The lowest BCUT2D eigenvalue weighted by Gasteiger charge is -2.11. The highest BCUT2D eigenvalue weighted by Crippen LogP contribution is 2.14. The summed E-state index contributed by atoms with van der Waals surface area (Å²) in [5, 5.41) is 10.8. The normalized spacial score (nSPS) is 14.1. The number of hydrogen-bond donors (Lipinski definition) is 2. The molecule has 23 heavy (non-hydrogen) atoms. The Kier molecular flexibility index (Phi) is 6.43. The molecule has 0 amide bonds. The van der Waals surface area contributed by atoms with Crippen LogP contribution in [0.5, 0.6) is 0 Å². The first-order valence-electron chi connectivity index (χ1n) is 7.72. The highest BCUT2D eigenvalue weighted by Gasteiger charge is 2.12. The summed E-state index contributed by atoms with van der Waals surface area (Å²) in [5.41, 5.74) is 2.18. The van der Waals surface area contributed by atoms with Crippen LogP contribution in [0.4, 0.5) is 0 Å². The van der Waals surface area contributed by atoms with Gasteiger partial charge in [-0.15, -0.1) is 24.0 Å². The molecule has 0 saturated carbocycles. The Bertz CT molecular complexity index is 635. The van der Waals surface area contributed by atoms with Gasteiger partial charge in [0.15, 0.2) is 5.96 Å². The SMILES string of the molecule is CN=C(NCc1cn2c(n1)CCCC2)NCc1ccnn1C.I. The topological polar surface area (TPSA) is 72.1 Å². The molecule has 0 spiro atoms. The fourth-order valence-corrected chi connectivity index (χ4v) is 2.70. The highest BCUT2D eigenvalue weighted by molar-refractivity contribution is 14.0. The van der Waals surface area contributed by atoms with E-state index in [4.69, 9.17) is 0 Å². The molecule has 3 rings (SSSR count). The predicted molar refractivity (Wildman–Crippen MR) is 101 cm³/mol. The molecule has 0 bridgehead atoms. The summed E-state index contributed by atoms with van der Waals surface area (Å²) >= 11 is 0. The van der Waals surface area contributed by atoms with Crippen molar-refractivity contribution in [2.75, 3.05) is 7.05 Å². The number of hydrogen-bond acceptors (Lipinski definition) is 3. The molecule has 0 saturated heterocycles. The van der Waals surface area contributed by atoms with E-state index in [-0.39, 0.29) is 24.0 Å². The lowest BCUT2D eigenvalue weighted by molar-refractivity contribution is 0.522. The van der Waals surface area contributed by atoms with Gasteiger partial charge in [-0.2, -0.15) is 5.10 Å². The van der Waals surface area contributed by atoms with E-state index in [0.29, 0.717) is 13.1 Å². The van der Waals surface area contributed by atoms with E-state index in [9.17, 15) is 0 Å². The third kappa shape index (κ3) is 4.46. The molecular weight excluding hydrogens is 405 g/mol. The fraction of sp³-hybridized carbons (Fsp3) is 0.533. The van der Waals surface area contributed by atoms with Crippen LogP contribution >= 0.6 is 24.0 Å². The van der Waals surface area contributed by atoms with Gasteiger partial charge in [-0.05, 0) is 18.9 Å². The van der Waals surface area contributed by atoms with E-state index in [1.165, 1.54) is 18.7 Å². The zero-order valence-electron chi connectivity index (χ0n) is 13.6. The van der Waals surface area contributed by atoms with Gasteiger partial charge in [0, 0.05) is 39.5 Å². The minimum atomic E-state index is 0. The van der Waals surface area contributed by atoms with Gasteiger partial charge in [0.2, 0.25) is 0 Å². The number of aliphatic imine (C=N–C) groups is 1. The first-order valence-corrected chi connectivity index (χ1v) is 7.72. The number of guanidine groups is 1. The summed E-state index contributed by atoms with van der Waals surface area (Å²) in [6.07, 6.45) is 7.54. The van der Waals surface area contributed by atoms with E-state index < -0.39 is 0 Å². The molecule has 0 radical (unpaired) electrons. The number of nitrogens with zero attached hydrogens (tertiary/aromatic N) is 5. The smallest absolute Gasteiger partial charge is 0.191 e. The van der Waals surface area contributed by atoms with E-state index in [1.54, 1.807) is 13.2 Å².